The van der Waals surface area contributed by atoms with E-state index in [9.17, 15) is 0 Å². The summed E-state index contributed by atoms with van der Waals surface area (Å²) in [5, 5.41) is 7.47. The van der Waals surface area contributed by atoms with E-state index in [-0.39, 0.29) is 2.85 Å². The number of nitrogens with one attached hydrogen (secondary N) is 2. The molecule has 1 aliphatic rings. The van der Waals surface area contributed by atoms with Crippen LogP contribution in [0.25, 0.3) is 39.0 Å². The Kier molecular flexibility index (Phi) is 9.33. The Morgan fingerprint density at radius 1 is 0.400 bits per heavy atom. The van der Waals surface area contributed by atoms with E-state index in [1.807, 2.05) is 13.8 Å². The predicted molar refractivity (Wildman–Crippen MR) is 199 cm³/mol. The number of hydrogen-bond acceptors (Lipinski definition) is 2. The van der Waals surface area contributed by atoms with Gasteiger partial charge in [0.05, 0.1) is 0 Å². The van der Waals surface area contributed by atoms with Gasteiger partial charge in [-0.2, -0.15) is 0 Å². The lowest BCUT2D eigenvalue weighted by molar-refractivity contribution is 1.40. The number of para-hydroxylation sites is 3. The third-order valence-corrected chi connectivity index (χ3v) is 7.97. The summed E-state index contributed by atoms with van der Waals surface area (Å²) in [5.41, 5.74) is 14.1. The second-order valence-electron chi connectivity index (χ2n) is 10.7. The zero-order valence-electron chi connectivity index (χ0n) is 25.9. The fourth-order valence-electron chi connectivity index (χ4n) is 5.80. The summed E-state index contributed by atoms with van der Waals surface area (Å²) in [6.07, 6.45) is 5.36. The van der Waals surface area contributed by atoms with Crippen molar-refractivity contribution < 1.29 is 2.85 Å². The Morgan fingerprint density at radius 3 is 1.27 bits per heavy atom. The van der Waals surface area contributed by atoms with Crippen molar-refractivity contribution in [1.82, 2.24) is 0 Å². The maximum absolute atomic E-state index is 3.74. The van der Waals surface area contributed by atoms with Crippen LogP contribution in [-0.2, 0) is 0 Å². The molecule has 0 fully saturated rings. The van der Waals surface area contributed by atoms with Crippen LogP contribution in [0.15, 0.2) is 176 Å². The highest BCUT2D eigenvalue weighted by Crippen LogP contribution is 2.37. The topological polar surface area (TPSA) is 24.1 Å². The molecule has 0 bridgehead atoms. The fourth-order valence-corrected chi connectivity index (χ4v) is 5.80. The van der Waals surface area contributed by atoms with Crippen LogP contribution in [0.3, 0.4) is 0 Å². The Labute approximate surface area is 270 Å². The second kappa shape index (κ2) is 14.2. The smallest absolute Gasteiger partial charge is 0.0464 e. The number of rotatable bonds is 8. The van der Waals surface area contributed by atoms with Crippen LogP contribution in [0.1, 0.15) is 28.7 Å². The first kappa shape index (κ1) is 29.5. The van der Waals surface area contributed by atoms with Crippen LogP contribution < -0.4 is 10.6 Å². The minimum atomic E-state index is 0. The Balaban J connectivity index is 0.00000123. The highest BCUT2D eigenvalue weighted by atomic mass is 14.9. The Bertz CT molecular complexity index is 1930. The summed E-state index contributed by atoms with van der Waals surface area (Å²) in [6, 6.07) is 55.6. The molecular weight excluding hydrogens is 544 g/mol. The van der Waals surface area contributed by atoms with Gasteiger partial charge in [0, 0.05) is 42.3 Å². The summed E-state index contributed by atoms with van der Waals surface area (Å²) >= 11 is 0. The Hall–Kier alpha value is -5.60. The van der Waals surface area contributed by atoms with Crippen molar-refractivity contribution in [3.8, 4) is 33.4 Å². The molecule has 224 valence electrons. The molecule has 0 spiro atoms. The van der Waals surface area contributed by atoms with Gasteiger partial charge in [0.25, 0.3) is 0 Å². The summed E-state index contributed by atoms with van der Waals surface area (Å²) in [6.45, 7) is 4.00. The molecule has 2 heteroatoms. The van der Waals surface area contributed by atoms with Crippen LogP contribution >= 0.6 is 0 Å². The normalized spacial score (nSPS) is 12.0. The van der Waals surface area contributed by atoms with E-state index in [2.05, 4.69) is 181 Å². The highest BCUT2D eigenvalue weighted by molar-refractivity contribution is 5.88. The van der Waals surface area contributed by atoms with Crippen molar-refractivity contribution in [3.63, 3.8) is 0 Å². The zero-order chi connectivity index (χ0) is 30.8. The maximum atomic E-state index is 3.74. The van der Waals surface area contributed by atoms with E-state index in [0.717, 1.165) is 34.7 Å². The molecule has 2 nitrogen and oxygen atoms in total. The van der Waals surface area contributed by atoms with Gasteiger partial charge in [-0.3, -0.25) is 0 Å². The zero-order valence-corrected chi connectivity index (χ0v) is 25.9. The lowest BCUT2D eigenvalue weighted by Gasteiger charge is -2.17. The van der Waals surface area contributed by atoms with Gasteiger partial charge in [0.1, 0.15) is 0 Å². The maximum Gasteiger partial charge on any atom is 0.0464 e. The summed E-state index contributed by atoms with van der Waals surface area (Å²) < 4.78 is 0. The first-order chi connectivity index (χ1) is 22.3. The van der Waals surface area contributed by atoms with E-state index in [4.69, 9.17) is 0 Å². The predicted octanol–water partition coefficient (Wildman–Crippen LogP) is 12.7. The van der Waals surface area contributed by atoms with Crippen LogP contribution in [0.4, 0.5) is 17.1 Å². The molecule has 6 aromatic rings. The van der Waals surface area contributed by atoms with Crippen LogP contribution in [0.2, 0.25) is 0 Å². The van der Waals surface area contributed by atoms with Crippen molar-refractivity contribution in [2.45, 2.75) is 20.3 Å². The van der Waals surface area contributed by atoms with Gasteiger partial charge >= 0.3 is 0 Å². The largest absolute Gasteiger partial charge is 0.355 e. The summed E-state index contributed by atoms with van der Waals surface area (Å²) in [5.74, 6) is 0. The molecule has 2 N–H and O–H groups in total. The minimum Gasteiger partial charge on any atom is -0.355 e. The van der Waals surface area contributed by atoms with Crippen LogP contribution in [0.5, 0.6) is 0 Å². The molecule has 0 heterocycles. The van der Waals surface area contributed by atoms with Crippen molar-refractivity contribution in [1.29, 1.82) is 0 Å². The molecule has 0 saturated carbocycles. The first-order valence-corrected chi connectivity index (χ1v) is 15.8. The number of allylic oxidation sites excluding steroid dienone is 3. The molecular formula is C43H42N2. The number of anilines is 3. The third kappa shape index (κ3) is 6.66. The SMILES string of the molecule is C1=CC(Nc2ccccc2-c2ccc(-c3ccccc3Nc3ccccc3-c3ccccc3)cc2)=C(c2ccccc2)C1.CC.[HH].[HH]. The van der Waals surface area contributed by atoms with Gasteiger partial charge in [-0.05, 0) is 58.5 Å². The lowest BCUT2D eigenvalue weighted by Crippen LogP contribution is -2.00. The molecule has 0 aliphatic heterocycles. The monoisotopic (exact) mass is 586 g/mol. The first-order valence-electron chi connectivity index (χ1n) is 15.8. The van der Waals surface area contributed by atoms with Gasteiger partial charge in [-0.25, -0.2) is 0 Å². The second-order valence-corrected chi connectivity index (χ2v) is 10.7. The molecule has 0 aromatic heterocycles. The van der Waals surface area contributed by atoms with Gasteiger partial charge in [0.15, 0.2) is 0 Å². The number of benzene rings is 6. The molecule has 0 atom stereocenters. The third-order valence-electron chi connectivity index (χ3n) is 7.97. The Morgan fingerprint density at radius 2 is 0.778 bits per heavy atom. The molecule has 45 heavy (non-hydrogen) atoms. The van der Waals surface area contributed by atoms with Crippen LogP contribution in [0, 0.1) is 0 Å². The van der Waals surface area contributed by atoms with E-state index in [1.54, 1.807) is 0 Å². The van der Waals surface area contributed by atoms with Gasteiger partial charge in [0.2, 0.25) is 0 Å². The molecule has 0 saturated heterocycles. The molecule has 0 unspecified atom stereocenters. The van der Waals surface area contributed by atoms with Crippen molar-refractivity contribution in [2.75, 3.05) is 10.6 Å². The van der Waals surface area contributed by atoms with Crippen molar-refractivity contribution >= 4 is 22.6 Å². The van der Waals surface area contributed by atoms with Gasteiger partial charge < -0.3 is 10.6 Å². The van der Waals surface area contributed by atoms with E-state index in [1.165, 1.54) is 39.0 Å². The lowest BCUT2D eigenvalue weighted by atomic mass is 9.97. The van der Waals surface area contributed by atoms with Gasteiger partial charge in [-0.15, -0.1) is 0 Å². The fraction of sp³-hybridized carbons (Fsp3) is 0.0698. The molecule has 0 radical (unpaired) electrons. The van der Waals surface area contributed by atoms with E-state index < -0.39 is 0 Å². The van der Waals surface area contributed by atoms with Gasteiger partial charge in [-0.1, -0.05) is 159 Å². The summed E-state index contributed by atoms with van der Waals surface area (Å²) in [7, 11) is 0. The van der Waals surface area contributed by atoms with E-state index >= 15 is 0 Å². The average molecular weight is 587 g/mol. The molecule has 1 aliphatic carbocycles. The average Bonchev–Trinajstić information content (AvgIpc) is 3.59. The molecule has 7 rings (SSSR count). The van der Waals surface area contributed by atoms with Crippen molar-refractivity contribution in [2.24, 2.45) is 0 Å². The van der Waals surface area contributed by atoms with E-state index in [0.29, 0.717) is 0 Å². The molecule has 6 aromatic carbocycles. The quantitative estimate of drug-likeness (QED) is 0.185. The molecule has 0 amide bonds. The number of hydrogen-bond donors (Lipinski definition) is 2. The highest BCUT2D eigenvalue weighted by Gasteiger charge is 2.14. The summed E-state index contributed by atoms with van der Waals surface area (Å²) in [4.78, 5) is 0. The van der Waals surface area contributed by atoms with Crippen molar-refractivity contribution in [3.05, 3.63) is 181 Å². The standard InChI is InChI=1S/C41H32N2.C2H6.2H2/c1-3-14-30(15-4-1)34-18-7-10-22-38(34)42-39-23-11-8-19-35(39)32-26-28-33(29-27-32)36-20-9-12-24-40(36)43-41-25-13-21-37(41)31-16-5-2-6-17-31;1-2;;/h1-20,22-29,42-43H,21H2;1-2H3;2*1H. The minimum absolute atomic E-state index is 0. The van der Waals surface area contributed by atoms with Crippen LogP contribution in [-0.4, -0.2) is 0 Å².